The van der Waals surface area contributed by atoms with Gasteiger partial charge in [0.2, 0.25) is 5.91 Å². The monoisotopic (exact) mass is 403 g/mol. The van der Waals surface area contributed by atoms with Gasteiger partial charge in [-0.15, -0.1) is 0 Å². The average molecular weight is 403 g/mol. The number of phenolic OH excluding ortho intramolecular Hbond substituents is 1. The minimum absolute atomic E-state index is 0.144. The molecule has 4 rings (SSSR count). The molecule has 6 heteroatoms. The summed E-state index contributed by atoms with van der Waals surface area (Å²) in [7, 11) is 0. The van der Waals surface area contributed by atoms with Crippen LogP contribution in [0.5, 0.6) is 5.75 Å². The van der Waals surface area contributed by atoms with Gasteiger partial charge in [-0.1, -0.05) is 44.2 Å². The number of nitrogens with zero attached hydrogens (tertiary/aromatic N) is 2. The summed E-state index contributed by atoms with van der Waals surface area (Å²) in [6.45, 7) is 3.81. The van der Waals surface area contributed by atoms with Gasteiger partial charge in [0.1, 0.15) is 17.5 Å². The summed E-state index contributed by atoms with van der Waals surface area (Å²) >= 11 is 0. The number of hydrogen-bond acceptors (Lipinski definition) is 5. The van der Waals surface area contributed by atoms with Crippen molar-refractivity contribution in [1.82, 2.24) is 9.97 Å². The second-order valence-corrected chi connectivity index (χ2v) is 7.71. The van der Waals surface area contributed by atoms with Crippen LogP contribution in [-0.4, -0.2) is 26.1 Å². The molecule has 0 spiro atoms. The molecule has 1 aliphatic rings. The molecule has 2 aromatic carbocycles. The maximum Gasteiger partial charge on any atom is 0.228 e. The van der Waals surface area contributed by atoms with Crippen LogP contribution < -0.4 is 5.32 Å². The van der Waals surface area contributed by atoms with Gasteiger partial charge < -0.3 is 15.5 Å². The lowest BCUT2D eigenvalue weighted by Gasteiger charge is -2.23. The fraction of sp³-hybridized carbons (Fsp3) is 0.292. The molecule has 1 heterocycles. The molecule has 1 aliphatic carbocycles. The maximum atomic E-state index is 12.6. The van der Waals surface area contributed by atoms with Crippen LogP contribution >= 0.6 is 0 Å². The third kappa shape index (κ3) is 3.78. The van der Waals surface area contributed by atoms with E-state index in [0.29, 0.717) is 35.6 Å². The third-order valence-corrected chi connectivity index (χ3v) is 5.65. The highest BCUT2D eigenvalue weighted by Crippen LogP contribution is 2.36. The summed E-state index contributed by atoms with van der Waals surface area (Å²) < 4.78 is 0. The number of benzene rings is 2. The van der Waals surface area contributed by atoms with Crippen molar-refractivity contribution in [3.05, 3.63) is 71.0 Å². The van der Waals surface area contributed by atoms with Crippen molar-refractivity contribution in [2.75, 3.05) is 5.32 Å². The van der Waals surface area contributed by atoms with E-state index in [-0.39, 0.29) is 17.6 Å². The molecule has 2 atom stereocenters. The SMILES string of the molecule is CCC(C)C(=O)Nc1nc2c(nc1C(O)c1ccccc1)-c1ccc(O)cc1CC2. The number of amides is 1. The number of nitrogens with one attached hydrogen (secondary N) is 1. The minimum atomic E-state index is -1.03. The summed E-state index contributed by atoms with van der Waals surface area (Å²) in [6, 6.07) is 14.4. The van der Waals surface area contributed by atoms with Crippen LogP contribution in [0.15, 0.2) is 48.5 Å². The summed E-state index contributed by atoms with van der Waals surface area (Å²) in [6.07, 6.45) is 1.05. The number of carbonyl (C=O) groups excluding carboxylic acids is 1. The number of carbonyl (C=O) groups is 1. The van der Waals surface area contributed by atoms with Gasteiger partial charge in [0, 0.05) is 11.5 Å². The molecule has 6 nitrogen and oxygen atoms in total. The number of rotatable bonds is 5. The predicted molar refractivity (Wildman–Crippen MR) is 115 cm³/mol. The second kappa shape index (κ2) is 8.24. The number of aromatic nitrogens is 2. The first-order valence-electron chi connectivity index (χ1n) is 10.2. The number of aromatic hydroxyl groups is 1. The van der Waals surface area contributed by atoms with Crippen LogP contribution in [0, 0.1) is 5.92 Å². The predicted octanol–water partition coefficient (Wildman–Crippen LogP) is 4.01. The van der Waals surface area contributed by atoms with Gasteiger partial charge >= 0.3 is 0 Å². The topological polar surface area (TPSA) is 95.3 Å². The van der Waals surface area contributed by atoms with Crippen LogP contribution in [0.2, 0.25) is 0 Å². The van der Waals surface area contributed by atoms with E-state index in [9.17, 15) is 15.0 Å². The fourth-order valence-electron chi connectivity index (χ4n) is 3.65. The molecule has 0 saturated heterocycles. The lowest BCUT2D eigenvalue weighted by molar-refractivity contribution is -0.119. The molecule has 3 aromatic rings. The molecule has 3 N–H and O–H groups in total. The van der Waals surface area contributed by atoms with Crippen molar-refractivity contribution in [3.63, 3.8) is 0 Å². The highest BCUT2D eigenvalue weighted by atomic mass is 16.3. The standard InChI is InChI=1S/C24H25N3O3/c1-3-14(2)24(30)27-23-21(22(29)15-7-5-4-6-8-15)26-20-18-11-10-17(28)13-16(18)9-12-19(20)25-23/h4-8,10-11,13-14,22,28-29H,3,9,12H2,1-2H3,(H,25,27,30). The van der Waals surface area contributed by atoms with E-state index < -0.39 is 6.10 Å². The van der Waals surface area contributed by atoms with Crippen LogP contribution in [-0.2, 0) is 17.6 Å². The Bertz CT molecular complexity index is 1080. The van der Waals surface area contributed by atoms with Gasteiger partial charge in [-0.2, -0.15) is 0 Å². The quantitative estimate of drug-likeness (QED) is 0.598. The molecule has 2 unspecified atom stereocenters. The number of phenols is 1. The largest absolute Gasteiger partial charge is 0.508 e. The van der Waals surface area contributed by atoms with Gasteiger partial charge in [0.25, 0.3) is 0 Å². The van der Waals surface area contributed by atoms with E-state index in [2.05, 4.69) is 5.32 Å². The molecule has 1 aromatic heterocycles. The zero-order valence-electron chi connectivity index (χ0n) is 17.1. The number of aliphatic hydroxyl groups is 1. The summed E-state index contributed by atoms with van der Waals surface area (Å²) in [4.78, 5) is 22.1. The van der Waals surface area contributed by atoms with Crippen molar-refractivity contribution in [2.45, 2.75) is 39.2 Å². The normalized spacial score (nSPS) is 14.4. The van der Waals surface area contributed by atoms with E-state index in [4.69, 9.17) is 9.97 Å². The smallest absolute Gasteiger partial charge is 0.228 e. The lowest BCUT2D eigenvalue weighted by atomic mass is 9.91. The van der Waals surface area contributed by atoms with E-state index in [1.165, 1.54) is 0 Å². The van der Waals surface area contributed by atoms with E-state index in [0.717, 1.165) is 23.2 Å². The van der Waals surface area contributed by atoms with Crippen molar-refractivity contribution >= 4 is 11.7 Å². The molecule has 30 heavy (non-hydrogen) atoms. The molecule has 0 saturated carbocycles. The van der Waals surface area contributed by atoms with E-state index in [1.807, 2.05) is 50.2 Å². The first kappa shape index (κ1) is 20.0. The number of fused-ring (bicyclic) bond motifs is 3. The Balaban J connectivity index is 1.84. The zero-order valence-corrected chi connectivity index (χ0v) is 17.1. The molecule has 0 bridgehead atoms. The Hall–Kier alpha value is -3.25. The molecule has 1 amide bonds. The van der Waals surface area contributed by atoms with Crippen LogP contribution in [0.25, 0.3) is 11.3 Å². The first-order chi connectivity index (χ1) is 14.5. The summed E-state index contributed by atoms with van der Waals surface area (Å²) in [5.41, 5.74) is 4.33. The number of aliphatic hydroxyl groups excluding tert-OH is 1. The van der Waals surface area contributed by atoms with Gasteiger partial charge in [-0.05, 0) is 48.6 Å². The zero-order chi connectivity index (χ0) is 21.3. The number of aryl methyl sites for hydroxylation is 2. The van der Waals surface area contributed by atoms with Crippen molar-refractivity contribution in [1.29, 1.82) is 0 Å². The Labute approximate surface area is 175 Å². The molecule has 0 aliphatic heterocycles. The molecule has 0 radical (unpaired) electrons. The van der Waals surface area contributed by atoms with Crippen molar-refractivity contribution in [2.24, 2.45) is 5.92 Å². The van der Waals surface area contributed by atoms with Crippen molar-refractivity contribution < 1.29 is 15.0 Å². The highest BCUT2D eigenvalue weighted by molar-refractivity contribution is 5.92. The van der Waals surface area contributed by atoms with Gasteiger partial charge in [0.15, 0.2) is 5.82 Å². The summed E-state index contributed by atoms with van der Waals surface area (Å²) in [5, 5.41) is 23.8. The molecule has 0 fully saturated rings. The summed E-state index contributed by atoms with van der Waals surface area (Å²) in [5.74, 6) is 0.201. The second-order valence-electron chi connectivity index (χ2n) is 7.71. The van der Waals surface area contributed by atoms with E-state index >= 15 is 0 Å². The molecule has 154 valence electrons. The van der Waals surface area contributed by atoms with Crippen molar-refractivity contribution in [3.8, 4) is 17.0 Å². The Morgan fingerprint density at radius 3 is 2.63 bits per heavy atom. The lowest BCUT2D eigenvalue weighted by Crippen LogP contribution is -2.24. The third-order valence-electron chi connectivity index (χ3n) is 5.65. The van der Waals surface area contributed by atoms with Crippen LogP contribution in [0.4, 0.5) is 5.82 Å². The van der Waals surface area contributed by atoms with Crippen LogP contribution in [0.3, 0.4) is 0 Å². The fourth-order valence-corrected chi connectivity index (χ4v) is 3.65. The Morgan fingerprint density at radius 2 is 1.90 bits per heavy atom. The molecular weight excluding hydrogens is 378 g/mol. The maximum absolute atomic E-state index is 12.6. The van der Waals surface area contributed by atoms with Gasteiger partial charge in [-0.25, -0.2) is 9.97 Å². The Morgan fingerprint density at radius 1 is 1.13 bits per heavy atom. The number of anilines is 1. The van der Waals surface area contributed by atoms with Gasteiger partial charge in [-0.3, -0.25) is 4.79 Å². The number of hydrogen-bond donors (Lipinski definition) is 3. The van der Waals surface area contributed by atoms with Gasteiger partial charge in [0.05, 0.1) is 11.4 Å². The average Bonchev–Trinajstić information content (AvgIpc) is 2.77. The first-order valence-corrected chi connectivity index (χ1v) is 10.2. The van der Waals surface area contributed by atoms with E-state index in [1.54, 1.807) is 12.1 Å². The minimum Gasteiger partial charge on any atom is -0.508 e. The highest BCUT2D eigenvalue weighted by Gasteiger charge is 2.26. The Kier molecular flexibility index (Phi) is 5.50. The molecular formula is C24H25N3O3. The van der Waals surface area contributed by atoms with Crippen LogP contribution in [0.1, 0.15) is 48.9 Å².